The highest BCUT2D eigenvalue weighted by atomic mass is 35.5. The van der Waals surface area contributed by atoms with E-state index in [1.807, 2.05) is 13.0 Å². The molecule has 21 heavy (non-hydrogen) atoms. The van der Waals surface area contributed by atoms with Gasteiger partial charge >= 0.3 is 0 Å². The predicted octanol–water partition coefficient (Wildman–Crippen LogP) is 4.43. The van der Waals surface area contributed by atoms with Crippen LogP contribution >= 0.6 is 11.6 Å². The molecule has 0 radical (unpaired) electrons. The second-order valence-electron chi connectivity index (χ2n) is 4.80. The van der Waals surface area contributed by atoms with Gasteiger partial charge in [0, 0.05) is 17.1 Å². The molecule has 1 atom stereocenters. The summed E-state index contributed by atoms with van der Waals surface area (Å²) in [5, 5.41) is 14.5. The lowest BCUT2D eigenvalue weighted by atomic mass is 10.1. The van der Waals surface area contributed by atoms with Crippen molar-refractivity contribution in [3.8, 4) is 0 Å². The van der Waals surface area contributed by atoms with E-state index in [-0.39, 0.29) is 17.5 Å². The standard InChI is InChI=1S/C15H14ClFN2O2/c1-10(7-11-3-2-4-13(17)8-11)18-14-9-12(16)5-6-15(14)19(20)21/h2-6,8-10,18H,7H2,1H3. The summed E-state index contributed by atoms with van der Waals surface area (Å²) in [4.78, 5) is 10.5. The van der Waals surface area contributed by atoms with E-state index < -0.39 is 4.92 Å². The Hall–Kier alpha value is -2.14. The molecule has 0 saturated heterocycles. The van der Waals surface area contributed by atoms with Crippen molar-refractivity contribution in [1.29, 1.82) is 0 Å². The van der Waals surface area contributed by atoms with Crippen LogP contribution in [0.15, 0.2) is 42.5 Å². The van der Waals surface area contributed by atoms with E-state index in [9.17, 15) is 14.5 Å². The molecule has 0 heterocycles. The fraction of sp³-hybridized carbons (Fsp3) is 0.200. The van der Waals surface area contributed by atoms with Crippen LogP contribution in [0.3, 0.4) is 0 Å². The Bertz CT molecular complexity index is 664. The number of nitro groups is 1. The fourth-order valence-electron chi connectivity index (χ4n) is 2.12. The molecule has 0 aliphatic heterocycles. The molecule has 1 unspecified atom stereocenters. The van der Waals surface area contributed by atoms with Crippen molar-refractivity contribution in [3.05, 3.63) is 69.0 Å². The van der Waals surface area contributed by atoms with Crippen molar-refractivity contribution in [1.82, 2.24) is 0 Å². The molecule has 2 rings (SSSR count). The van der Waals surface area contributed by atoms with Gasteiger partial charge in [-0.25, -0.2) is 4.39 Å². The molecular formula is C15H14ClFN2O2. The molecular weight excluding hydrogens is 295 g/mol. The summed E-state index contributed by atoms with van der Waals surface area (Å²) in [5.74, 6) is -0.298. The van der Waals surface area contributed by atoms with Gasteiger partial charge in [-0.3, -0.25) is 10.1 Å². The lowest BCUT2D eigenvalue weighted by Gasteiger charge is -2.15. The van der Waals surface area contributed by atoms with Gasteiger partial charge in [-0.05, 0) is 43.2 Å². The zero-order chi connectivity index (χ0) is 15.4. The van der Waals surface area contributed by atoms with Gasteiger partial charge in [0.2, 0.25) is 0 Å². The van der Waals surface area contributed by atoms with E-state index in [0.29, 0.717) is 17.1 Å². The third kappa shape index (κ3) is 4.16. The Balaban J connectivity index is 2.14. The molecule has 0 bridgehead atoms. The van der Waals surface area contributed by atoms with Gasteiger partial charge < -0.3 is 5.32 Å². The van der Waals surface area contributed by atoms with Crippen molar-refractivity contribution in [2.75, 3.05) is 5.32 Å². The van der Waals surface area contributed by atoms with Crippen LogP contribution in [0.4, 0.5) is 15.8 Å². The zero-order valence-electron chi connectivity index (χ0n) is 11.3. The highest BCUT2D eigenvalue weighted by molar-refractivity contribution is 6.31. The first-order chi connectivity index (χ1) is 9.95. The second kappa shape index (κ2) is 6.54. The van der Waals surface area contributed by atoms with Crippen molar-refractivity contribution in [3.63, 3.8) is 0 Å². The number of hydrogen-bond donors (Lipinski definition) is 1. The van der Waals surface area contributed by atoms with Gasteiger partial charge in [0.05, 0.1) is 4.92 Å². The molecule has 0 spiro atoms. The van der Waals surface area contributed by atoms with Crippen LogP contribution in [0.1, 0.15) is 12.5 Å². The molecule has 0 saturated carbocycles. The molecule has 0 aromatic heterocycles. The Morgan fingerprint density at radius 3 is 2.76 bits per heavy atom. The SMILES string of the molecule is CC(Cc1cccc(F)c1)Nc1cc(Cl)ccc1[N+](=O)[O-]. The number of rotatable bonds is 5. The molecule has 6 heteroatoms. The van der Waals surface area contributed by atoms with E-state index in [4.69, 9.17) is 11.6 Å². The lowest BCUT2D eigenvalue weighted by Crippen LogP contribution is -2.19. The normalized spacial score (nSPS) is 12.0. The van der Waals surface area contributed by atoms with Crippen molar-refractivity contribution >= 4 is 23.0 Å². The Morgan fingerprint density at radius 1 is 1.33 bits per heavy atom. The van der Waals surface area contributed by atoms with Crippen LogP contribution in [-0.2, 0) is 6.42 Å². The van der Waals surface area contributed by atoms with Gasteiger partial charge in [0.1, 0.15) is 11.5 Å². The number of hydrogen-bond acceptors (Lipinski definition) is 3. The minimum absolute atomic E-state index is 0.0366. The largest absolute Gasteiger partial charge is 0.377 e. The van der Waals surface area contributed by atoms with E-state index >= 15 is 0 Å². The number of nitro benzene ring substituents is 1. The second-order valence-corrected chi connectivity index (χ2v) is 5.23. The van der Waals surface area contributed by atoms with Crippen LogP contribution < -0.4 is 5.32 Å². The van der Waals surface area contributed by atoms with Crippen molar-refractivity contribution < 1.29 is 9.31 Å². The van der Waals surface area contributed by atoms with Crippen molar-refractivity contribution in [2.24, 2.45) is 0 Å². The van der Waals surface area contributed by atoms with Gasteiger partial charge in [0.15, 0.2) is 0 Å². The molecule has 0 aliphatic rings. The van der Waals surface area contributed by atoms with Crippen LogP contribution in [-0.4, -0.2) is 11.0 Å². The minimum atomic E-state index is -0.465. The van der Waals surface area contributed by atoms with E-state index in [1.54, 1.807) is 6.07 Å². The molecule has 1 N–H and O–H groups in total. The maximum absolute atomic E-state index is 13.1. The lowest BCUT2D eigenvalue weighted by molar-refractivity contribution is -0.384. The summed E-state index contributed by atoms with van der Waals surface area (Å²) in [5.41, 5.74) is 1.14. The summed E-state index contributed by atoms with van der Waals surface area (Å²) in [6.07, 6.45) is 0.543. The Labute approximate surface area is 126 Å². The van der Waals surface area contributed by atoms with Gasteiger partial charge in [-0.1, -0.05) is 23.7 Å². The maximum Gasteiger partial charge on any atom is 0.292 e. The van der Waals surface area contributed by atoms with Crippen LogP contribution in [0.5, 0.6) is 0 Å². The summed E-state index contributed by atoms with van der Waals surface area (Å²) >= 11 is 5.87. The monoisotopic (exact) mass is 308 g/mol. The van der Waals surface area contributed by atoms with Gasteiger partial charge in [-0.15, -0.1) is 0 Å². The van der Waals surface area contributed by atoms with Crippen molar-refractivity contribution in [2.45, 2.75) is 19.4 Å². The number of anilines is 1. The summed E-state index contributed by atoms with van der Waals surface area (Å²) < 4.78 is 13.1. The molecule has 110 valence electrons. The van der Waals surface area contributed by atoms with Crippen LogP contribution in [0.25, 0.3) is 0 Å². The first-order valence-electron chi connectivity index (χ1n) is 6.40. The van der Waals surface area contributed by atoms with Crippen LogP contribution in [0, 0.1) is 15.9 Å². The summed E-state index contributed by atoms with van der Waals surface area (Å²) in [6.45, 7) is 1.87. The molecule has 0 fully saturated rings. The number of nitrogens with zero attached hydrogens (tertiary/aromatic N) is 1. The summed E-state index contributed by atoms with van der Waals surface area (Å²) in [7, 11) is 0. The third-order valence-corrected chi connectivity index (χ3v) is 3.22. The Kier molecular flexibility index (Phi) is 4.75. The average molecular weight is 309 g/mol. The molecule has 4 nitrogen and oxygen atoms in total. The minimum Gasteiger partial charge on any atom is -0.377 e. The first-order valence-corrected chi connectivity index (χ1v) is 6.78. The van der Waals surface area contributed by atoms with Gasteiger partial charge in [-0.2, -0.15) is 0 Å². The smallest absolute Gasteiger partial charge is 0.292 e. The average Bonchev–Trinajstić information content (AvgIpc) is 2.38. The van der Waals surface area contributed by atoms with E-state index in [1.165, 1.54) is 30.3 Å². The number of nitrogens with one attached hydrogen (secondary N) is 1. The fourth-order valence-corrected chi connectivity index (χ4v) is 2.29. The number of benzene rings is 2. The third-order valence-electron chi connectivity index (χ3n) is 2.99. The number of halogens is 2. The van der Waals surface area contributed by atoms with Crippen LogP contribution in [0.2, 0.25) is 5.02 Å². The zero-order valence-corrected chi connectivity index (χ0v) is 12.1. The topological polar surface area (TPSA) is 55.2 Å². The molecule has 0 amide bonds. The predicted molar refractivity (Wildman–Crippen MR) is 81.3 cm³/mol. The highest BCUT2D eigenvalue weighted by Crippen LogP contribution is 2.28. The Morgan fingerprint density at radius 2 is 2.10 bits per heavy atom. The van der Waals surface area contributed by atoms with E-state index in [0.717, 1.165) is 5.56 Å². The molecule has 0 aliphatic carbocycles. The summed E-state index contributed by atoms with van der Waals surface area (Å²) in [6, 6.07) is 10.5. The quantitative estimate of drug-likeness (QED) is 0.656. The molecule has 2 aromatic carbocycles. The van der Waals surface area contributed by atoms with E-state index in [2.05, 4.69) is 5.32 Å². The highest BCUT2D eigenvalue weighted by Gasteiger charge is 2.16. The van der Waals surface area contributed by atoms with Gasteiger partial charge in [0.25, 0.3) is 5.69 Å². The first kappa shape index (κ1) is 15.3. The molecule has 2 aromatic rings. The maximum atomic E-state index is 13.1.